The maximum Gasteiger partial charge on any atom is 0.164 e. The Morgan fingerprint density at radius 1 is 1.26 bits per heavy atom. The second-order valence-corrected chi connectivity index (χ2v) is 4.59. The zero-order valence-electron chi connectivity index (χ0n) is 11.5. The molecule has 1 aromatic carbocycles. The molecule has 5 heteroatoms. The Labute approximate surface area is 113 Å². The molecule has 102 valence electrons. The molecule has 1 heterocycles. The topological polar surface area (TPSA) is 54.0 Å². The van der Waals surface area contributed by atoms with Crippen LogP contribution in [0, 0.1) is 0 Å². The number of aromatic amines is 1. The number of aromatic nitrogens is 3. The van der Waals surface area contributed by atoms with Crippen molar-refractivity contribution in [3.05, 3.63) is 47.5 Å². The van der Waals surface area contributed by atoms with Gasteiger partial charge in [-0.05, 0) is 12.6 Å². The van der Waals surface area contributed by atoms with Crippen LogP contribution in [0.3, 0.4) is 0 Å². The lowest BCUT2D eigenvalue weighted by molar-refractivity contribution is 0.157. The summed E-state index contributed by atoms with van der Waals surface area (Å²) in [5, 5.41) is 7.24. The summed E-state index contributed by atoms with van der Waals surface area (Å²) in [6, 6.07) is 10.3. The van der Waals surface area contributed by atoms with E-state index in [0.717, 1.165) is 37.8 Å². The Hall–Kier alpha value is -1.72. The lowest BCUT2D eigenvalue weighted by atomic mass is 10.1. The van der Waals surface area contributed by atoms with Crippen molar-refractivity contribution in [2.75, 3.05) is 27.3 Å². The summed E-state index contributed by atoms with van der Waals surface area (Å²) in [5.74, 6) is 1.73. The number of ether oxygens (including phenoxy) is 1. The van der Waals surface area contributed by atoms with Gasteiger partial charge in [0.15, 0.2) is 5.82 Å². The van der Waals surface area contributed by atoms with E-state index >= 15 is 0 Å². The van der Waals surface area contributed by atoms with Gasteiger partial charge in [-0.15, -0.1) is 0 Å². The van der Waals surface area contributed by atoms with Gasteiger partial charge in [0.2, 0.25) is 0 Å². The van der Waals surface area contributed by atoms with E-state index in [1.54, 1.807) is 7.11 Å². The number of methoxy groups -OCH3 is 1. The summed E-state index contributed by atoms with van der Waals surface area (Å²) in [4.78, 5) is 6.64. The Bertz CT molecular complexity index is 483. The maximum absolute atomic E-state index is 5.04. The fraction of sp³-hybridized carbons (Fsp3) is 0.429. The molecule has 0 fully saturated rings. The molecule has 0 saturated carbocycles. The highest BCUT2D eigenvalue weighted by Crippen LogP contribution is 2.05. The van der Waals surface area contributed by atoms with E-state index in [1.807, 2.05) is 25.2 Å². The van der Waals surface area contributed by atoms with Crippen molar-refractivity contribution in [3.8, 4) is 0 Å². The molecule has 0 amide bonds. The van der Waals surface area contributed by atoms with Crippen LogP contribution in [0.5, 0.6) is 0 Å². The van der Waals surface area contributed by atoms with Gasteiger partial charge in [0, 0.05) is 20.1 Å². The number of likely N-dealkylation sites (N-methyl/N-ethyl adjacent to an activating group) is 1. The van der Waals surface area contributed by atoms with Gasteiger partial charge in [-0.2, -0.15) is 5.10 Å². The van der Waals surface area contributed by atoms with Crippen LogP contribution in [0.25, 0.3) is 0 Å². The van der Waals surface area contributed by atoms with E-state index in [4.69, 9.17) is 4.74 Å². The average Bonchev–Trinajstić information content (AvgIpc) is 2.85. The van der Waals surface area contributed by atoms with E-state index in [1.165, 1.54) is 5.56 Å². The molecule has 0 aliphatic carbocycles. The highest BCUT2D eigenvalue weighted by Gasteiger charge is 2.06. The van der Waals surface area contributed by atoms with Crippen LogP contribution >= 0.6 is 0 Å². The Balaban J connectivity index is 1.88. The standard InChI is InChI=1S/C14H20N4O/c1-18(8-9-19-2)11-14-15-13(16-17-14)10-12-6-4-3-5-7-12/h3-7H,8-11H2,1-2H3,(H,15,16,17). The minimum absolute atomic E-state index is 0.720. The minimum Gasteiger partial charge on any atom is -0.383 e. The molecule has 2 rings (SSSR count). The first kappa shape index (κ1) is 13.7. The largest absolute Gasteiger partial charge is 0.383 e. The predicted molar refractivity (Wildman–Crippen MR) is 73.8 cm³/mol. The molecule has 19 heavy (non-hydrogen) atoms. The first-order valence-corrected chi connectivity index (χ1v) is 6.39. The van der Waals surface area contributed by atoms with Gasteiger partial charge in [-0.1, -0.05) is 30.3 Å². The molecule has 0 saturated heterocycles. The number of hydrogen-bond acceptors (Lipinski definition) is 4. The molecule has 0 bridgehead atoms. The molecule has 5 nitrogen and oxygen atoms in total. The van der Waals surface area contributed by atoms with E-state index in [2.05, 4.69) is 32.2 Å². The quantitative estimate of drug-likeness (QED) is 0.819. The van der Waals surface area contributed by atoms with E-state index in [9.17, 15) is 0 Å². The third-order valence-electron chi connectivity index (χ3n) is 2.88. The summed E-state index contributed by atoms with van der Waals surface area (Å²) in [6.07, 6.45) is 0.787. The molecule has 2 aromatic rings. The lowest BCUT2D eigenvalue weighted by Gasteiger charge is -2.13. The smallest absolute Gasteiger partial charge is 0.164 e. The average molecular weight is 260 g/mol. The van der Waals surface area contributed by atoms with Gasteiger partial charge >= 0.3 is 0 Å². The van der Waals surface area contributed by atoms with Gasteiger partial charge in [-0.25, -0.2) is 4.98 Å². The number of nitrogens with zero attached hydrogens (tertiary/aromatic N) is 3. The number of H-pyrrole nitrogens is 1. The Morgan fingerprint density at radius 2 is 2.05 bits per heavy atom. The van der Waals surface area contributed by atoms with Crippen molar-refractivity contribution in [3.63, 3.8) is 0 Å². The van der Waals surface area contributed by atoms with Crippen LogP contribution in [0.2, 0.25) is 0 Å². The van der Waals surface area contributed by atoms with Gasteiger partial charge in [0.25, 0.3) is 0 Å². The lowest BCUT2D eigenvalue weighted by Crippen LogP contribution is -2.22. The van der Waals surface area contributed by atoms with Gasteiger partial charge in [0.1, 0.15) is 5.82 Å². The molecule has 1 aromatic heterocycles. The summed E-state index contributed by atoms with van der Waals surface area (Å²) in [7, 11) is 3.74. The number of rotatable bonds is 7. The normalized spacial score (nSPS) is 11.1. The summed E-state index contributed by atoms with van der Waals surface area (Å²) in [5.41, 5.74) is 1.23. The van der Waals surface area contributed by atoms with Crippen molar-refractivity contribution in [2.24, 2.45) is 0 Å². The molecular formula is C14H20N4O. The van der Waals surface area contributed by atoms with Crippen molar-refractivity contribution >= 4 is 0 Å². The molecule has 0 spiro atoms. The Morgan fingerprint density at radius 3 is 2.79 bits per heavy atom. The third kappa shape index (κ3) is 4.46. The fourth-order valence-corrected chi connectivity index (χ4v) is 1.84. The second-order valence-electron chi connectivity index (χ2n) is 4.59. The maximum atomic E-state index is 5.04. The van der Waals surface area contributed by atoms with Gasteiger partial charge in [0.05, 0.1) is 13.2 Å². The molecule has 0 unspecified atom stereocenters. The summed E-state index contributed by atoms with van der Waals surface area (Å²) >= 11 is 0. The van der Waals surface area contributed by atoms with E-state index in [-0.39, 0.29) is 0 Å². The minimum atomic E-state index is 0.720. The SMILES string of the molecule is COCCN(C)Cc1n[nH]c(Cc2ccccc2)n1. The van der Waals surface area contributed by atoms with Gasteiger partial charge < -0.3 is 4.74 Å². The van der Waals surface area contributed by atoms with Crippen LogP contribution in [-0.4, -0.2) is 47.4 Å². The van der Waals surface area contributed by atoms with Crippen LogP contribution in [0.1, 0.15) is 17.2 Å². The van der Waals surface area contributed by atoms with Crippen molar-refractivity contribution < 1.29 is 4.74 Å². The zero-order valence-corrected chi connectivity index (χ0v) is 11.5. The summed E-state index contributed by atoms with van der Waals surface area (Å²) < 4.78 is 5.04. The third-order valence-corrected chi connectivity index (χ3v) is 2.88. The molecule has 0 aliphatic rings. The number of hydrogen-bond donors (Lipinski definition) is 1. The predicted octanol–water partition coefficient (Wildman–Crippen LogP) is 1.47. The van der Waals surface area contributed by atoms with E-state index in [0.29, 0.717) is 0 Å². The first-order valence-electron chi connectivity index (χ1n) is 6.39. The van der Waals surface area contributed by atoms with Crippen LogP contribution in [-0.2, 0) is 17.7 Å². The van der Waals surface area contributed by atoms with Crippen molar-refractivity contribution in [1.82, 2.24) is 20.1 Å². The van der Waals surface area contributed by atoms with E-state index < -0.39 is 0 Å². The Kier molecular flexibility index (Phi) is 5.06. The van der Waals surface area contributed by atoms with Crippen molar-refractivity contribution in [2.45, 2.75) is 13.0 Å². The fourth-order valence-electron chi connectivity index (χ4n) is 1.84. The number of benzene rings is 1. The highest BCUT2D eigenvalue weighted by molar-refractivity contribution is 5.18. The first-order chi connectivity index (χ1) is 9.28. The molecular weight excluding hydrogens is 240 g/mol. The van der Waals surface area contributed by atoms with Crippen LogP contribution in [0.15, 0.2) is 30.3 Å². The highest BCUT2D eigenvalue weighted by atomic mass is 16.5. The second kappa shape index (κ2) is 7.01. The number of nitrogens with one attached hydrogen (secondary N) is 1. The van der Waals surface area contributed by atoms with Crippen LogP contribution < -0.4 is 0 Å². The summed E-state index contributed by atoms with van der Waals surface area (Å²) in [6.45, 7) is 2.32. The van der Waals surface area contributed by atoms with Gasteiger partial charge in [-0.3, -0.25) is 10.00 Å². The zero-order chi connectivity index (χ0) is 13.5. The van der Waals surface area contributed by atoms with Crippen LogP contribution in [0.4, 0.5) is 0 Å². The molecule has 0 radical (unpaired) electrons. The monoisotopic (exact) mass is 260 g/mol. The molecule has 0 atom stereocenters. The van der Waals surface area contributed by atoms with Crippen molar-refractivity contribution in [1.29, 1.82) is 0 Å². The molecule has 1 N–H and O–H groups in total. The molecule has 0 aliphatic heterocycles.